The van der Waals surface area contributed by atoms with E-state index in [2.05, 4.69) is 205 Å². The molecule has 0 saturated carbocycles. The normalized spacial score (nSPS) is 11.5. The molecule has 0 radical (unpaired) electrons. The van der Waals surface area contributed by atoms with E-state index < -0.39 is 0 Å². The lowest BCUT2D eigenvalue weighted by molar-refractivity contribution is 1.30. The largest absolute Gasteiger partial charge is 0.310 e. The molecule has 0 aliphatic rings. The van der Waals surface area contributed by atoms with Crippen molar-refractivity contribution in [3.8, 4) is 33.4 Å². The summed E-state index contributed by atoms with van der Waals surface area (Å²) < 4.78 is 2.66. The van der Waals surface area contributed by atoms with Crippen LogP contribution < -0.4 is 4.90 Å². The number of fused-ring (bicyclic) bond motifs is 5. The third-order valence-electron chi connectivity index (χ3n) is 10.2. The maximum absolute atomic E-state index is 2.40. The molecule has 0 bridgehead atoms. The molecule has 2 heteroatoms. The highest BCUT2D eigenvalue weighted by Crippen LogP contribution is 2.43. The van der Waals surface area contributed by atoms with Crippen molar-refractivity contribution in [3.05, 3.63) is 200 Å². The van der Waals surface area contributed by atoms with Gasteiger partial charge in [-0.2, -0.15) is 0 Å². The van der Waals surface area contributed by atoms with Crippen LogP contribution in [0.5, 0.6) is 0 Å². The monoisotopic (exact) mass is 679 g/mol. The van der Waals surface area contributed by atoms with Gasteiger partial charge in [-0.05, 0) is 92.0 Å². The molecule has 244 valence electrons. The Labute approximate surface area is 307 Å². The number of hydrogen-bond acceptors (Lipinski definition) is 2. The highest BCUT2D eigenvalue weighted by molar-refractivity contribution is 7.26. The summed E-state index contributed by atoms with van der Waals surface area (Å²) in [6, 6.07) is 72.9. The SMILES string of the molecule is c1cc(-c2cccc(N(c3ccc(-c4cccc5ccccc45)cc3)c3cccc4ccccc34)c2)cc(-c2cccc3c2sc2ccccc23)c1. The van der Waals surface area contributed by atoms with E-state index in [0.29, 0.717) is 0 Å². The first-order chi connectivity index (χ1) is 25.8. The first-order valence-corrected chi connectivity index (χ1v) is 18.6. The fourth-order valence-electron chi connectivity index (χ4n) is 7.76. The van der Waals surface area contributed by atoms with Crippen LogP contribution in [-0.2, 0) is 0 Å². The molecule has 0 saturated heterocycles. The molecule has 0 atom stereocenters. The summed E-state index contributed by atoms with van der Waals surface area (Å²) >= 11 is 1.88. The minimum absolute atomic E-state index is 1.11. The molecular weight excluding hydrogens is 647 g/mol. The van der Waals surface area contributed by atoms with Crippen molar-refractivity contribution in [3.63, 3.8) is 0 Å². The van der Waals surface area contributed by atoms with Gasteiger partial charge >= 0.3 is 0 Å². The molecule has 0 fully saturated rings. The van der Waals surface area contributed by atoms with E-state index in [0.717, 1.165) is 17.1 Å². The third kappa shape index (κ3) is 5.24. The van der Waals surface area contributed by atoms with Crippen molar-refractivity contribution in [1.29, 1.82) is 0 Å². The Hall–Kier alpha value is -6.48. The van der Waals surface area contributed by atoms with Gasteiger partial charge in [0.15, 0.2) is 0 Å². The Balaban J connectivity index is 1.09. The van der Waals surface area contributed by atoms with Gasteiger partial charge in [0.2, 0.25) is 0 Å². The van der Waals surface area contributed by atoms with Crippen LogP contribution >= 0.6 is 11.3 Å². The minimum atomic E-state index is 1.11. The van der Waals surface area contributed by atoms with E-state index in [1.807, 2.05) is 11.3 Å². The van der Waals surface area contributed by atoms with Crippen LogP contribution in [0.2, 0.25) is 0 Å². The Kier molecular flexibility index (Phi) is 7.41. The molecule has 1 aromatic heterocycles. The van der Waals surface area contributed by atoms with Gasteiger partial charge in [0.1, 0.15) is 0 Å². The number of benzene rings is 9. The standard InChI is InChI=1S/C50H33NS/c1-3-20-42-34(12-1)14-9-23-43(42)36-28-30-40(31-29-36)51(48-26-10-15-35-13-2-4-21-44(35)48)41-19-8-17-38(33-41)37-16-7-18-39(32-37)45-24-11-25-47-46-22-5-6-27-49(46)52-50(45)47/h1-33H. The molecule has 0 N–H and O–H groups in total. The highest BCUT2D eigenvalue weighted by Gasteiger charge is 2.17. The number of rotatable bonds is 6. The summed E-state index contributed by atoms with van der Waals surface area (Å²) in [5, 5.41) is 7.60. The maximum Gasteiger partial charge on any atom is 0.0540 e. The summed E-state index contributed by atoms with van der Waals surface area (Å²) in [5.74, 6) is 0. The van der Waals surface area contributed by atoms with Gasteiger partial charge in [0.05, 0.1) is 5.69 Å². The van der Waals surface area contributed by atoms with E-state index >= 15 is 0 Å². The van der Waals surface area contributed by atoms with E-state index in [-0.39, 0.29) is 0 Å². The Morgan fingerprint density at radius 1 is 0.327 bits per heavy atom. The van der Waals surface area contributed by atoms with Crippen LogP contribution in [0.25, 0.3) is 75.1 Å². The van der Waals surface area contributed by atoms with Crippen molar-refractivity contribution in [2.24, 2.45) is 0 Å². The molecule has 0 spiro atoms. The lowest BCUT2D eigenvalue weighted by atomic mass is 9.97. The molecule has 10 aromatic rings. The zero-order valence-corrected chi connectivity index (χ0v) is 29.2. The average molecular weight is 680 g/mol. The maximum atomic E-state index is 2.40. The fraction of sp³-hybridized carbons (Fsp3) is 0. The topological polar surface area (TPSA) is 3.24 Å². The second kappa shape index (κ2) is 12.7. The molecule has 1 nitrogen and oxygen atoms in total. The molecule has 0 aliphatic carbocycles. The van der Waals surface area contributed by atoms with E-state index in [4.69, 9.17) is 0 Å². The molecule has 0 aliphatic heterocycles. The van der Waals surface area contributed by atoms with Crippen LogP contribution in [0.15, 0.2) is 200 Å². The molecule has 52 heavy (non-hydrogen) atoms. The zero-order chi connectivity index (χ0) is 34.4. The van der Waals surface area contributed by atoms with Crippen LogP contribution in [0.1, 0.15) is 0 Å². The second-order valence-electron chi connectivity index (χ2n) is 13.3. The molecule has 9 aromatic carbocycles. The minimum Gasteiger partial charge on any atom is -0.310 e. The van der Waals surface area contributed by atoms with Gasteiger partial charge in [0.25, 0.3) is 0 Å². The van der Waals surface area contributed by atoms with Crippen LogP contribution in [0.4, 0.5) is 17.1 Å². The van der Waals surface area contributed by atoms with Crippen molar-refractivity contribution in [2.75, 3.05) is 4.90 Å². The summed E-state index contributed by atoms with van der Waals surface area (Å²) in [6.07, 6.45) is 0. The number of anilines is 3. The zero-order valence-electron chi connectivity index (χ0n) is 28.4. The molecular formula is C50H33NS. The summed E-state index contributed by atoms with van der Waals surface area (Å²) in [7, 11) is 0. The summed E-state index contributed by atoms with van der Waals surface area (Å²) in [5.41, 5.74) is 10.7. The van der Waals surface area contributed by atoms with Gasteiger partial charge < -0.3 is 4.90 Å². The van der Waals surface area contributed by atoms with E-state index in [1.54, 1.807) is 0 Å². The molecule has 0 unspecified atom stereocenters. The van der Waals surface area contributed by atoms with Gasteiger partial charge in [0, 0.05) is 36.9 Å². The predicted octanol–water partition coefficient (Wildman–Crippen LogP) is 14.8. The van der Waals surface area contributed by atoms with Crippen molar-refractivity contribution in [2.45, 2.75) is 0 Å². The number of nitrogens with zero attached hydrogens (tertiary/aromatic N) is 1. The summed E-state index contributed by atoms with van der Waals surface area (Å²) in [4.78, 5) is 2.40. The van der Waals surface area contributed by atoms with Crippen LogP contribution in [0, 0.1) is 0 Å². The van der Waals surface area contributed by atoms with E-state index in [9.17, 15) is 0 Å². The third-order valence-corrected chi connectivity index (χ3v) is 11.5. The van der Waals surface area contributed by atoms with Gasteiger partial charge in [-0.15, -0.1) is 11.3 Å². The summed E-state index contributed by atoms with van der Waals surface area (Å²) in [6.45, 7) is 0. The van der Waals surface area contributed by atoms with Gasteiger partial charge in [-0.25, -0.2) is 0 Å². The van der Waals surface area contributed by atoms with E-state index in [1.165, 1.54) is 75.1 Å². The van der Waals surface area contributed by atoms with Crippen molar-refractivity contribution < 1.29 is 0 Å². The Morgan fingerprint density at radius 2 is 0.904 bits per heavy atom. The second-order valence-corrected chi connectivity index (χ2v) is 14.4. The smallest absolute Gasteiger partial charge is 0.0540 e. The Morgan fingerprint density at radius 3 is 1.75 bits per heavy atom. The Bertz CT molecular complexity index is 2910. The predicted molar refractivity (Wildman–Crippen MR) is 225 cm³/mol. The first kappa shape index (κ1) is 30.4. The van der Waals surface area contributed by atoms with Gasteiger partial charge in [-0.3, -0.25) is 0 Å². The molecule has 10 rings (SSSR count). The highest BCUT2D eigenvalue weighted by atomic mass is 32.1. The number of thiophene rings is 1. The molecule has 1 heterocycles. The lowest BCUT2D eigenvalue weighted by Crippen LogP contribution is -2.10. The number of hydrogen-bond donors (Lipinski definition) is 0. The molecule has 0 amide bonds. The fourth-order valence-corrected chi connectivity index (χ4v) is 9.00. The van der Waals surface area contributed by atoms with Crippen LogP contribution in [0.3, 0.4) is 0 Å². The van der Waals surface area contributed by atoms with Crippen molar-refractivity contribution >= 4 is 70.1 Å². The average Bonchev–Trinajstić information content (AvgIpc) is 3.60. The van der Waals surface area contributed by atoms with Crippen molar-refractivity contribution in [1.82, 2.24) is 0 Å². The van der Waals surface area contributed by atoms with Crippen LogP contribution in [-0.4, -0.2) is 0 Å². The first-order valence-electron chi connectivity index (χ1n) is 17.8. The quantitative estimate of drug-likeness (QED) is 0.169. The van der Waals surface area contributed by atoms with Gasteiger partial charge in [-0.1, -0.05) is 158 Å². The lowest BCUT2D eigenvalue weighted by Gasteiger charge is -2.27.